The highest BCUT2D eigenvalue weighted by Gasteiger charge is 2.35. The zero-order valence-corrected chi connectivity index (χ0v) is 15.8. The van der Waals surface area contributed by atoms with Crippen LogP contribution >= 0.6 is 15.9 Å². The largest absolute Gasteiger partial charge is 0.243 e. The third kappa shape index (κ3) is 3.41. The molecule has 0 N–H and O–H groups in total. The number of hydrogen-bond acceptors (Lipinski definition) is 2. The molecule has 0 bridgehead atoms. The smallest absolute Gasteiger partial charge is 0.207 e. The zero-order chi connectivity index (χ0) is 17.3. The molecular formula is C18H19BrFNO2S. The highest BCUT2D eigenvalue weighted by Crippen LogP contribution is 2.36. The summed E-state index contributed by atoms with van der Waals surface area (Å²) in [4.78, 5) is 0.186. The Labute approximate surface area is 150 Å². The van der Waals surface area contributed by atoms with E-state index in [1.54, 1.807) is 11.2 Å². The summed E-state index contributed by atoms with van der Waals surface area (Å²) in [7, 11) is -3.67. The molecule has 1 aliphatic rings. The first-order chi connectivity index (χ1) is 11.4. The van der Waals surface area contributed by atoms with Gasteiger partial charge in [-0.05, 0) is 61.2 Å². The molecule has 1 atom stereocenters. The van der Waals surface area contributed by atoms with Crippen molar-refractivity contribution < 1.29 is 12.8 Å². The maximum Gasteiger partial charge on any atom is 0.243 e. The van der Waals surface area contributed by atoms with Crippen LogP contribution in [0.15, 0.2) is 51.8 Å². The average molecular weight is 412 g/mol. The van der Waals surface area contributed by atoms with Crippen LogP contribution in [0.4, 0.5) is 4.39 Å². The van der Waals surface area contributed by atoms with E-state index in [4.69, 9.17) is 0 Å². The lowest BCUT2D eigenvalue weighted by atomic mass is 9.98. The highest BCUT2D eigenvalue weighted by atomic mass is 79.9. The van der Waals surface area contributed by atoms with E-state index in [1.807, 2.05) is 24.3 Å². The molecular weight excluding hydrogens is 393 g/mol. The van der Waals surface area contributed by atoms with E-state index in [-0.39, 0.29) is 10.9 Å². The van der Waals surface area contributed by atoms with Crippen LogP contribution in [-0.2, 0) is 10.0 Å². The molecule has 2 aromatic rings. The van der Waals surface area contributed by atoms with Crippen molar-refractivity contribution in [3.63, 3.8) is 0 Å². The quantitative estimate of drug-likeness (QED) is 0.726. The van der Waals surface area contributed by atoms with Crippen molar-refractivity contribution in [2.75, 3.05) is 6.54 Å². The molecule has 0 aromatic heterocycles. The molecule has 0 spiro atoms. The Morgan fingerprint density at radius 3 is 2.67 bits per heavy atom. The molecule has 1 heterocycles. The first-order valence-electron chi connectivity index (χ1n) is 7.93. The van der Waals surface area contributed by atoms with Crippen LogP contribution in [0.5, 0.6) is 0 Å². The first kappa shape index (κ1) is 17.6. The predicted molar refractivity (Wildman–Crippen MR) is 95.8 cm³/mol. The van der Waals surface area contributed by atoms with Crippen LogP contribution < -0.4 is 0 Å². The maximum absolute atomic E-state index is 13.4. The van der Waals surface area contributed by atoms with Crippen molar-refractivity contribution in [1.82, 2.24) is 4.31 Å². The lowest BCUT2D eigenvalue weighted by Gasteiger charge is -2.35. The summed E-state index contributed by atoms with van der Waals surface area (Å²) >= 11 is 3.45. The van der Waals surface area contributed by atoms with Gasteiger partial charge in [-0.3, -0.25) is 0 Å². The van der Waals surface area contributed by atoms with Gasteiger partial charge in [-0.2, -0.15) is 4.31 Å². The zero-order valence-electron chi connectivity index (χ0n) is 13.4. The molecule has 0 saturated carbocycles. The van der Waals surface area contributed by atoms with Crippen LogP contribution in [0.3, 0.4) is 0 Å². The lowest BCUT2D eigenvalue weighted by molar-refractivity contribution is 0.256. The van der Waals surface area contributed by atoms with Crippen molar-refractivity contribution in [2.24, 2.45) is 0 Å². The minimum Gasteiger partial charge on any atom is -0.207 e. The number of sulfonamides is 1. The summed E-state index contributed by atoms with van der Waals surface area (Å²) in [5.41, 5.74) is 1.42. The van der Waals surface area contributed by atoms with E-state index in [0.29, 0.717) is 12.1 Å². The molecule has 3 rings (SSSR count). The summed E-state index contributed by atoms with van der Waals surface area (Å²) in [5, 5.41) is 0. The molecule has 24 heavy (non-hydrogen) atoms. The van der Waals surface area contributed by atoms with Crippen molar-refractivity contribution >= 4 is 26.0 Å². The molecule has 3 nitrogen and oxygen atoms in total. The van der Waals surface area contributed by atoms with Gasteiger partial charge in [-0.1, -0.05) is 34.5 Å². The molecule has 1 fully saturated rings. The number of piperidine rings is 1. The average Bonchev–Trinajstić information content (AvgIpc) is 2.54. The molecule has 0 amide bonds. The van der Waals surface area contributed by atoms with Crippen LogP contribution in [0.2, 0.25) is 0 Å². The summed E-state index contributed by atoms with van der Waals surface area (Å²) in [6, 6.07) is 11.4. The summed E-state index contributed by atoms with van der Waals surface area (Å²) in [6.45, 7) is 2.12. The van der Waals surface area contributed by atoms with E-state index in [2.05, 4.69) is 15.9 Å². The van der Waals surface area contributed by atoms with E-state index in [1.165, 1.54) is 18.2 Å². The molecule has 0 aliphatic carbocycles. The number of halogens is 2. The predicted octanol–water partition coefficient (Wildman–Crippen LogP) is 4.81. The van der Waals surface area contributed by atoms with E-state index < -0.39 is 15.8 Å². The number of aryl methyl sites for hydroxylation is 1. The summed E-state index contributed by atoms with van der Waals surface area (Å²) in [5.74, 6) is -0.423. The summed E-state index contributed by atoms with van der Waals surface area (Å²) in [6.07, 6.45) is 2.62. The Kier molecular flexibility index (Phi) is 5.08. The van der Waals surface area contributed by atoms with Crippen LogP contribution in [0, 0.1) is 12.7 Å². The Bertz CT molecular complexity index is 854. The fourth-order valence-electron chi connectivity index (χ4n) is 3.27. The second-order valence-electron chi connectivity index (χ2n) is 6.09. The Morgan fingerprint density at radius 2 is 1.96 bits per heavy atom. The van der Waals surface area contributed by atoms with E-state index in [9.17, 15) is 12.8 Å². The minimum atomic E-state index is -3.67. The Balaban J connectivity index is 2.03. The molecule has 128 valence electrons. The van der Waals surface area contributed by atoms with Crippen LogP contribution in [0.1, 0.15) is 36.4 Å². The number of benzene rings is 2. The second kappa shape index (κ2) is 6.94. The molecule has 1 aliphatic heterocycles. The molecule has 0 radical (unpaired) electrons. The van der Waals surface area contributed by atoms with Gasteiger partial charge in [0.1, 0.15) is 5.82 Å². The third-order valence-electron chi connectivity index (χ3n) is 4.41. The van der Waals surface area contributed by atoms with Gasteiger partial charge in [0, 0.05) is 11.0 Å². The number of hydrogen-bond donors (Lipinski definition) is 0. The minimum absolute atomic E-state index is 0.186. The second-order valence-corrected chi connectivity index (χ2v) is 8.87. The topological polar surface area (TPSA) is 37.4 Å². The Morgan fingerprint density at radius 1 is 1.17 bits per heavy atom. The molecule has 1 saturated heterocycles. The van der Waals surface area contributed by atoms with Crippen LogP contribution in [0.25, 0.3) is 0 Å². The summed E-state index contributed by atoms with van der Waals surface area (Å²) < 4.78 is 42.2. The van der Waals surface area contributed by atoms with Gasteiger partial charge in [-0.25, -0.2) is 12.8 Å². The first-order valence-corrected chi connectivity index (χ1v) is 10.2. The van der Waals surface area contributed by atoms with Crippen molar-refractivity contribution in [3.05, 3.63) is 63.9 Å². The Hall–Kier alpha value is -1.24. The van der Waals surface area contributed by atoms with Gasteiger partial charge in [-0.15, -0.1) is 0 Å². The highest BCUT2D eigenvalue weighted by molar-refractivity contribution is 9.10. The fourth-order valence-corrected chi connectivity index (χ4v) is 5.58. The molecule has 6 heteroatoms. The van der Waals surface area contributed by atoms with Gasteiger partial charge in [0.05, 0.1) is 10.9 Å². The van der Waals surface area contributed by atoms with Crippen molar-refractivity contribution in [1.29, 1.82) is 0 Å². The lowest BCUT2D eigenvalue weighted by Crippen LogP contribution is -2.38. The van der Waals surface area contributed by atoms with Crippen molar-refractivity contribution in [2.45, 2.75) is 37.1 Å². The van der Waals surface area contributed by atoms with Crippen molar-refractivity contribution in [3.8, 4) is 0 Å². The van der Waals surface area contributed by atoms with Gasteiger partial charge >= 0.3 is 0 Å². The van der Waals surface area contributed by atoms with Gasteiger partial charge in [0.25, 0.3) is 0 Å². The van der Waals surface area contributed by atoms with Gasteiger partial charge in [0.2, 0.25) is 10.0 Å². The standard InChI is InChI=1S/C18H19BrFNO2S/c1-13-11-16(20)8-9-18(13)24(22,23)21-10-3-2-7-17(21)14-5-4-6-15(19)12-14/h4-6,8-9,11-12,17H,2-3,7,10H2,1H3. The third-order valence-corrected chi connectivity index (χ3v) is 6.97. The van der Waals surface area contributed by atoms with Gasteiger partial charge < -0.3 is 0 Å². The maximum atomic E-state index is 13.4. The SMILES string of the molecule is Cc1cc(F)ccc1S(=O)(=O)N1CCCCC1c1cccc(Br)c1. The number of rotatable bonds is 3. The fraction of sp³-hybridized carbons (Fsp3) is 0.333. The molecule has 2 aromatic carbocycles. The van der Waals surface area contributed by atoms with E-state index >= 15 is 0 Å². The number of nitrogens with zero attached hydrogens (tertiary/aromatic N) is 1. The van der Waals surface area contributed by atoms with Crippen LogP contribution in [-0.4, -0.2) is 19.3 Å². The monoisotopic (exact) mass is 411 g/mol. The van der Waals surface area contributed by atoms with Gasteiger partial charge in [0.15, 0.2) is 0 Å². The molecule has 1 unspecified atom stereocenters. The van der Waals surface area contributed by atoms with E-state index in [0.717, 1.165) is 29.3 Å². The normalized spacial score (nSPS) is 19.4.